The van der Waals surface area contributed by atoms with Crippen molar-refractivity contribution in [2.45, 2.75) is 39.3 Å². The van der Waals surface area contributed by atoms with Gasteiger partial charge in [-0.25, -0.2) is 4.39 Å². The van der Waals surface area contributed by atoms with E-state index in [1.165, 1.54) is 0 Å². The van der Waals surface area contributed by atoms with Gasteiger partial charge in [-0.15, -0.1) is 0 Å². The largest absolute Gasteiger partial charge is 0.381 e. The Kier molecular flexibility index (Phi) is 2.63. The van der Waals surface area contributed by atoms with Crippen LogP contribution < -0.4 is 5.32 Å². The molecule has 0 aromatic heterocycles. The van der Waals surface area contributed by atoms with Crippen molar-refractivity contribution in [3.8, 4) is 0 Å². The summed E-state index contributed by atoms with van der Waals surface area (Å²) in [4.78, 5) is 0. The summed E-state index contributed by atoms with van der Waals surface area (Å²) in [6.07, 6.45) is 1.48. The van der Waals surface area contributed by atoms with E-state index in [1.807, 2.05) is 13.0 Å². The van der Waals surface area contributed by atoms with Gasteiger partial charge in [-0.1, -0.05) is 13.8 Å². The summed E-state index contributed by atoms with van der Waals surface area (Å²) < 4.78 is 19.2. The van der Waals surface area contributed by atoms with E-state index in [4.69, 9.17) is 4.74 Å². The molecule has 2 aliphatic rings. The Balaban J connectivity index is 1.80. The first kappa shape index (κ1) is 12.0. The second kappa shape index (κ2) is 3.95. The Labute approximate surface area is 108 Å². The molecule has 1 aliphatic carbocycles. The van der Waals surface area contributed by atoms with Crippen LogP contribution in [0.3, 0.4) is 0 Å². The van der Waals surface area contributed by atoms with Crippen LogP contribution in [-0.4, -0.2) is 18.8 Å². The number of anilines is 1. The molecule has 0 bridgehead atoms. The van der Waals surface area contributed by atoms with E-state index in [-0.39, 0.29) is 11.2 Å². The van der Waals surface area contributed by atoms with E-state index >= 15 is 0 Å². The Hall–Kier alpha value is -1.09. The summed E-state index contributed by atoms with van der Waals surface area (Å²) in [7, 11) is 0. The highest BCUT2D eigenvalue weighted by atomic mass is 19.1. The van der Waals surface area contributed by atoms with Gasteiger partial charge in [0.15, 0.2) is 0 Å². The number of hydrogen-bond donors (Lipinski definition) is 1. The smallest absolute Gasteiger partial charge is 0.125 e. The van der Waals surface area contributed by atoms with Crippen LogP contribution in [-0.2, 0) is 4.74 Å². The zero-order chi connectivity index (χ0) is 12.9. The van der Waals surface area contributed by atoms with E-state index in [0.717, 1.165) is 24.3 Å². The zero-order valence-electron chi connectivity index (χ0n) is 11.2. The van der Waals surface area contributed by atoms with Crippen LogP contribution in [0.15, 0.2) is 18.2 Å². The molecule has 1 aliphatic heterocycles. The van der Waals surface area contributed by atoms with E-state index in [9.17, 15) is 4.39 Å². The average Bonchev–Trinajstić information content (AvgIpc) is 2.71. The van der Waals surface area contributed by atoms with Gasteiger partial charge < -0.3 is 10.1 Å². The molecule has 3 heteroatoms. The van der Waals surface area contributed by atoms with E-state index < -0.39 is 0 Å². The minimum absolute atomic E-state index is 0.126. The van der Waals surface area contributed by atoms with E-state index in [1.54, 1.807) is 12.1 Å². The molecular formula is C15H20FNO. The lowest BCUT2D eigenvalue weighted by atomic mass is 9.57. The van der Waals surface area contributed by atoms with Crippen molar-refractivity contribution in [1.29, 1.82) is 0 Å². The molecule has 18 heavy (non-hydrogen) atoms. The predicted octanol–water partition coefficient (Wildman–Crippen LogP) is 3.36. The maximum Gasteiger partial charge on any atom is 0.125 e. The van der Waals surface area contributed by atoms with Crippen molar-refractivity contribution < 1.29 is 9.13 Å². The molecular weight excluding hydrogens is 229 g/mol. The first-order chi connectivity index (χ1) is 8.48. The Morgan fingerprint density at radius 2 is 2.11 bits per heavy atom. The third-order valence-electron chi connectivity index (χ3n) is 4.46. The number of fused-ring (bicyclic) bond motifs is 1. The minimum atomic E-state index is -0.172. The second-order valence-corrected chi connectivity index (χ2v) is 6.20. The minimum Gasteiger partial charge on any atom is -0.381 e. The fourth-order valence-electron chi connectivity index (χ4n) is 3.62. The van der Waals surface area contributed by atoms with Crippen molar-refractivity contribution in [2.75, 3.05) is 11.9 Å². The lowest BCUT2D eigenvalue weighted by Crippen LogP contribution is -2.63. The van der Waals surface area contributed by atoms with E-state index in [2.05, 4.69) is 19.2 Å². The van der Waals surface area contributed by atoms with Gasteiger partial charge in [0.1, 0.15) is 5.82 Å². The van der Waals surface area contributed by atoms with Crippen LogP contribution in [0.2, 0.25) is 0 Å². The molecule has 1 saturated carbocycles. The molecule has 3 rings (SSSR count). The SMILES string of the molecule is Cc1cc(F)cc(NC2C3CCOC3C2(C)C)c1. The molecule has 2 fully saturated rings. The lowest BCUT2D eigenvalue weighted by Gasteiger charge is -2.55. The lowest BCUT2D eigenvalue weighted by molar-refractivity contribution is -0.0923. The Morgan fingerprint density at radius 1 is 1.33 bits per heavy atom. The van der Waals surface area contributed by atoms with Gasteiger partial charge in [-0.2, -0.15) is 0 Å². The maximum absolute atomic E-state index is 13.4. The number of halogens is 1. The van der Waals surface area contributed by atoms with Gasteiger partial charge in [0.05, 0.1) is 6.10 Å². The second-order valence-electron chi connectivity index (χ2n) is 6.20. The van der Waals surface area contributed by atoms with Crippen LogP contribution in [0.25, 0.3) is 0 Å². The third kappa shape index (κ3) is 1.72. The van der Waals surface area contributed by atoms with Gasteiger partial charge in [-0.05, 0) is 37.1 Å². The van der Waals surface area contributed by atoms with Crippen LogP contribution in [0.1, 0.15) is 25.8 Å². The highest BCUT2D eigenvalue weighted by Gasteiger charge is 2.59. The number of hydrogen-bond acceptors (Lipinski definition) is 2. The van der Waals surface area contributed by atoms with Crippen LogP contribution in [0.4, 0.5) is 10.1 Å². The third-order valence-corrected chi connectivity index (χ3v) is 4.46. The Morgan fingerprint density at radius 3 is 2.83 bits per heavy atom. The first-order valence-electron chi connectivity index (χ1n) is 6.64. The van der Waals surface area contributed by atoms with E-state index in [0.29, 0.717) is 18.1 Å². The van der Waals surface area contributed by atoms with Crippen molar-refractivity contribution >= 4 is 5.69 Å². The molecule has 0 radical (unpaired) electrons. The highest BCUT2D eigenvalue weighted by Crippen LogP contribution is 2.53. The number of nitrogens with one attached hydrogen (secondary N) is 1. The van der Waals surface area contributed by atoms with Gasteiger partial charge in [-0.3, -0.25) is 0 Å². The fraction of sp³-hybridized carbons (Fsp3) is 0.600. The van der Waals surface area contributed by atoms with Crippen molar-refractivity contribution in [3.63, 3.8) is 0 Å². The summed E-state index contributed by atoms with van der Waals surface area (Å²) in [6.45, 7) is 7.23. The normalized spacial score (nSPS) is 32.8. The zero-order valence-corrected chi connectivity index (χ0v) is 11.2. The number of rotatable bonds is 2. The number of benzene rings is 1. The summed E-state index contributed by atoms with van der Waals surface area (Å²) in [5.74, 6) is 0.400. The predicted molar refractivity (Wildman–Crippen MR) is 70.2 cm³/mol. The fourth-order valence-corrected chi connectivity index (χ4v) is 3.62. The van der Waals surface area contributed by atoms with Crippen molar-refractivity contribution in [3.05, 3.63) is 29.6 Å². The molecule has 1 aromatic carbocycles. The monoisotopic (exact) mass is 249 g/mol. The molecule has 3 atom stereocenters. The maximum atomic E-state index is 13.4. The molecule has 1 heterocycles. The van der Waals surface area contributed by atoms with Gasteiger partial charge in [0, 0.05) is 29.7 Å². The summed E-state index contributed by atoms with van der Waals surface area (Å²) >= 11 is 0. The van der Waals surface area contributed by atoms with Crippen LogP contribution in [0.5, 0.6) is 0 Å². The summed E-state index contributed by atoms with van der Waals surface area (Å²) in [6, 6.07) is 5.51. The quantitative estimate of drug-likeness (QED) is 0.867. The number of aryl methyl sites for hydroxylation is 1. The number of ether oxygens (including phenoxy) is 1. The molecule has 1 N–H and O–H groups in total. The van der Waals surface area contributed by atoms with Crippen LogP contribution in [0, 0.1) is 24.1 Å². The Bertz CT molecular complexity index is 451. The van der Waals surface area contributed by atoms with Crippen LogP contribution >= 0.6 is 0 Å². The van der Waals surface area contributed by atoms with Gasteiger partial charge in [0.25, 0.3) is 0 Å². The highest BCUT2D eigenvalue weighted by molar-refractivity contribution is 5.48. The molecule has 0 amide bonds. The topological polar surface area (TPSA) is 21.3 Å². The standard InChI is InChI=1S/C15H20FNO/c1-9-6-10(16)8-11(7-9)17-13-12-4-5-18-14(12)15(13,2)3/h6-8,12-14,17H,4-5H2,1-3H3. The van der Waals surface area contributed by atoms with Gasteiger partial charge >= 0.3 is 0 Å². The summed E-state index contributed by atoms with van der Waals surface area (Å²) in [5, 5.41) is 3.50. The summed E-state index contributed by atoms with van der Waals surface area (Å²) in [5.41, 5.74) is 1.96. The molecule has 1 aromatic rings. The molecule has 98 valence electrons. The first-order valence-corrected chi connectivity index (χ1v) is 6.64. The van der Waals surface area contributed by atoms with Gasteiger partial charge in [0.2, 0.25) is 0 Å². The molecule has 2 nitrogen and oxygen atoms in total. The van der Waals surface area contributed by atoms with Crippen molar-refractivity contribution in [1.82, 2.24) is 0 Å². The molecule has 0 spiro atoms. The average molecular weight is 249 g/mol. The molecule has 3 unspecified atom stereocenters. The van der Waals surface area contributed by atoms with Crippen molar-refractivity contribution in [2.24, 2.45) is 11.3 Å². The molecule has 1 saturated heterocycles.